The Bertz CT molecular complexity index is 375. The lowest BCUT2D eigenvalue weighted by molar-refractivity contribution is 0.192. The second-order valence-corrected chi connectivity index (χ2v) is 4.53. The molecule has 1 saturated heterocycles. The molecule has 1 heterocycles. The van der Waals surface area contributed by atoms with Gasteiger partial charge in [0.05, 0.1) is 0 Å². The summed E-state index contributed by atoms with van der Waals surface area (Å²) >= 11 is 0. The molecule has 2 bridgehead atoms. The number of likely N-dealkylation sites (tertiary alicyclic amines) is 1. The highest BCUT2D eigenvalue weighted by molar-refractivity contribution is 5.43. The van der Waals surface area contributed by atoms with E-state index in [-0.39, 0.29) is 0 Å². The number of fused-ring (bicyclic) bond motifs is 5. The Morgan fingerprint density at radius 3 is 3.07 bits per heavy atom. The van der Waals surface area contributed by atoms with E-state index >= 15 is 0 Å². The van der Waals surface area contributed by atoms with Crippen LogP contribution in [0.5, 0.6) is 5.75 Å². The summed E-state index contributed by atoms with van der Waals surface area (Å²) < 4.78 is 0. The van der Waals surface area contributed by atoms with Gasteiger partial charge in [-0.05, 0) is 55.6 Å². The predicted molar refractivity (Wildman–Crippen MR) is 55.5 cm³/mol. The van der Waals surface area contributed by atoms with E-state index in [4.69, 9.17) is 0 Å². The van der Waals surface area contributed by atoms with Crippen molar-refractivity contribution in [2.75, 3.05) is 13.6 Å². The fourth-order valence-corrected chi connectivity index (χ4v) is 2.95. The third-order valence-corrected chi connectivity index (χ3v) is 3.74. The molecular weight excluding hydrogens is 174 g/mol. The minimum absolute atomic E-state index is 0.416. The Hall–Kier alpha value is -1.02. The molecule has 0 aromatic heterocycles. The van der Waals surface area contributed by atoms with Crippen LogP contribution in [0.25, 0.3) is 0 Å². The van der Waals surface area contributed by atoms with Crippen LogP contribution in [0, 0.1) is 0 Å². The van der Waals surface area contributed by atoms with E-state index in [1.54, 1.807) is 0 Å². The highest BCUT2D eigenvalue weighted by atomic mass is 16.3. The van der Waals surface area contributed by atoms with Gasteiger partial charge in [-0.25, -0.2) is 0 Å². The standard InChI is InChI=1S/C12H15NO/c1-13-5-4-8-6-12(13)10-3-2-9(14)7-11(8)10/h2-3,7-8,12,14H,4-6H2,1H3. The number of hydrogen-bond donors (Lipinski definition) is 1. The zero-order valence-corrected chi connectivity index (χ0v) is 8.40. The molecule has 1 aliphatic heterocycles. The highest BCUT2D eigenvalue weighted by Crippen LogP contribution is 2.48. The average Bonchev–Trinajstić information content (AvgIpc) is 2.47. The zero-order chi connectivity index (χ0) is 9.71. The third-order valence-electron chi connectivity index (χ3n) is 3.74. The first kappa shape index (κ1) is 8.30. The van der Waals surface area contributed by atoms with Gasteiger partial charge in [-0.1, -0.05) is 6.07 Å². The molecule has 0 amide bonds. The molecule has 0 spiro atoms. The van der Waals surface area contributed by atoms with Crippen molar-refractivity contribution in [2.24, 2.45) is 0 Å². The molecule has 2 atom stereocenters. The van der Waals surface area contributed by atoms with Crippen molar-refractivity contribution < 1.29 is 5.11 Å². The summed E-state index contributed by atoms with van der Waals surface area (Å²) in [5.74, 6) is 1.11. The molecule has 2 unspecified atom stereocenters. The Labute approximate surface area is 84.2 Å². The van der Waals surface area contributed by atoms with Crippen LogP contribution >= 0.6 is 0 Å². The van der Waals surface area contributed by atoms with Gasteiger partial charge in [0.15, 0.2) is 0 Å². The van der Waals surface area contributed by atoms with Gasteiger partial charge in [0.1, 0.15) is 5.75 Å². The molecule has 1 aromatic carbocycles. The number of phenols is 1. The van der Waals surface area contributed by atoms with Crippen LogP contribution in [0.3, 0.4) is 0 Å². The predicted octanol–water partition coefficient (Wildman–Crippen LogP) is 2.26. The van der Waals surface area contributed by atoms with E-state index in [9.17, 15) is 5.11 Å². The first-order chi connectivity index (χ1) is 6.75. The summed E-state index contributed by atoms with van der Waals surface area (Å²) in [7, 11) is 2.20. The molecule has 1 fully saturated rings. The highest BCUT2D eigenvalue weighted by Gasteiger charge is 2.36. The molecule has 2 aliphatic rings. The third kappa shape index (κ3) is 1.01. The van der Waals surface area contributed by atoms with Crippen molar-refractivity contribution in [3.8, 4) is 5.75 Å². The molecular formula is C12H15NO. The van der Waals surface area contributed by atoms with Gasteiger partial charge in [-0.3, -0.25) is 4.90 Å². The lowest BCUT2D eigenvalue weighted by Gasteiger charge is -2.29. The van der Waals surface area contributed by atoms with Gasteiger partial charge in [0.2, 0.25) is 0 Å². The Kier molecular flexibility index (Phi) is 1.62. The number of hydrogen-bond acceptors (Lipinski definition) is 2. The van der Waals surface area contributed by atoms with Crippen molar-refractivity contribution in [3.05, 3.63) is 29.3 Å². The quantitative estimate of drug-likeness (QED) is 0.676. The zero-order valence-electron chi connectivity index (χ0n) is 8.40. The maximum atomic E-state index is 9.47. The number of aromatic hydroxyl groups is 1. The lowest BCUT2D eigenvalue weighted by atomic mass is 9.96. The number of rotatable bonds is 0. The normalized spacial score (nSPS) is 30.4. The summed E-state index contributed by atoms with van der Waals surface area (Å²) in [6.07, 6.45) is 2.48. The monoisotopic (exact) mass is 189 g/mol. The van der Waals surface area contributed by atoms with Crippen LogP contribution in [-0.4, -0.2) is 23.6 Å². The Morgan fingerprint density at radius 2 is 2.21 bits per heavy atom. The van der Waals surface area contributed by atoms with E-state index < -0.39 is 0 Å². The molecule has 0 saturated carbocycles. The van der Waals surface area contributed by atoms with Gasteiger partial charge in [-0.2, -0.15) is 0 Å². The molecule has 0 radical (unpaired) electrons. The first-order valence-electron chi connectivity index (χ1n) is 5.29. The summed E-state index contributed by atoms with van der Waals surface area (Å²) in [5.41, 5.74) is 2.83. The lowest BCUT2D eigenvalue weighted by Crippen LogP contribution is -2.28. The fraction of sp³-hybridized carbons (Fsp3) is 0.500. The van der Waals surface area contributed by atoms with Crippen molar-refractivity contribution in [3.63, 3.8) is 0 Å². The van der Waals surface area contributed by atoms with Gasteiger partial charge in [-0.15, -0.1) is 0 Å². The number of phenolic OH excluding ortho intramolecular Hbond substituents is 1. The van der Waals surface area contributed by atoms with Gasteiger partial charge < -0.3 is 5.11 Å². The van der Waals surface area contributed by atoms with E-state index in [0.717, 1.165) is 0 Å². The van der Waals surface area contributed by atoms with Crippen LogP contribution in [0.4, 0.5) is 0 Å². The number of piperidine rings is 1. The van der Waals surface area contributed by atoms with Crippen LogP contribution in [-0.2, 0) is 0 Å². The van der Waals surface area contributed by atoms with Crippen molar-refractivity contribution >= 4 is 0 Å². The summed E-state index contributed by atoms with van der Waals surface area (Å²) in [4.78, 5) is 2.43. The Morgan fingerprint density at radius 1 is 1.36 bits per heavy atom. The van der Waals surface area contributed by atoms with E-state index in [1.165, 1.54) is 30.5 Å². The van der Waals surface area contributed by atoms with E-state index in [2.05, 4.69) is 18.0 Å². The van der Waals surface area contributed by atoms with Crippen LogP contribution in [0.1, 0.15) is 35.9 Å². The molecule has 14 heavy (non-hydrogen) atoms. The maximum Gasteiger partial charge on any atom is 0.115 e. The molecule has 3 rings (SSSR count). The fourth-order valence-electron chi connectivity index (χ4n) is 2.95. The van der Waals surface area contributed by atoms with E-state index in [0.29, 0.717) is 17.7 Å². The average molecular weight is 189 g/mol. The molecule has 2 heteroatoms. The topological polar surface area (TPSA) is 23.5 Å². The smallest absolute Gasteiger partial charge is 0.115 e. The number of benzene rings is 1. The second kappa shape index (κ2) is 2.74. The summed E-state index contributed by atoms with van der Waals surface area (Å²) in [5, 5.41) is 9.47. The molecule has 1 N–H and O–H groups in total. The molecule has 2 nitrogen and oxygen atoms in total. The summed E-state index contributed by atoms with van der Waals surface area (Å²) in [6.45, 7) is 1.19. The maximum absolute atomic E-state index is 9.47. The van der Waals surface area contributed by atoms with Gasteiger partial charge >= 0.3 is 0 Å². The SMILES string of the molecule is CN1CCC2CC1c1ccc(O)cc12. The Balaban J connectivity index is 2.13. The van der Waals surface area contributed by atoms with Crippen molar-refractivity contribution in [1.82, 2.24) is 4.90 Å². The minimum atomic E-state index is 0.416. The van der Waals surface area contributed by atoms with Crippen molar-refractivity contribution in [2.45, 2.75) is 24.8 Å². The molecule has 1 aliphatic carbocycles. The van der Waals surface area contributed by atoms with E-state index in [1.807, 2.05) is 12.1 Å². The molecule has 1 aromatic rings. The van der Waals surface area contributed by atoms with Crippen LogP contribution in [0.2, 0.25) is 0 Å². The molecule has 74 valence electrons. The summed E-state index contributed by atoms with van der Waals surface area (Å²) in [6, 6.07) is 6.47. The number of nitrogens with zero attached hydrogens (tertiary/aromatic N) is 1. The first-order valence-corrected chi connectivity index (χ1v) is 5.29. The largest absolute Gasteiger partial charge is 0.508 e. The van der Waals surface area contributed by atoms with Gasteiger partial charge in [0, 0.05) is 6.04 Å². The minimum Gasteiger partial charge on any atom is -0.508 e. The van der Waals surface area contributed by atoms with Crippen LogP contribution in [0.15, 0.2) is 18.2 Å². The second-order valence-electron chi connectivity index (χ2n) is 4.53. The van der Waals surface area contributed by atoms with Crippen LogP contribution < -0.4 is 0 Å². The van der Waals surface area contributed by atoms with Gasteiger partial charge in [0.25, 0.3) is 0 Å². The van der Waals surface area contributed by atoms with Crippen molar-refractivity contribution in [1.29, 1.82) is 0 Å².